The quantitative estimate of drug-likeness (QED) is 0.686. The van der Waals surface area contributed by atoms with Crippen molar-refractivity contribution in [2.24, 2.45) is 5.92 Å². The van der Waals surface area contributed by atoms with E-state index in [0.717, 1.165) is 6.42 Å². The molecule has 2 heteroatoms. The summed E-state index contributed by atoms with van der Waals surface area (Å²) in [6.07, 6.45) is 5.38. The van der Waals surface area contributed by atoms with Gasteiger partial charge in [-0.3, -0.25) is 4.79 Å². The molecule has 0 aromatic carbocycles. The lowest BCUT2D eigenvalue weighted by molar-refractivity contribution is -0.122. The average Bonchev–Trinajstić information content (AvgIpc) is 1.93. The Kier molecular flexibility index (Phi) is 3.57. The zero-order valence-electron chi connectivity index (χ0n) is 8.10. The van der Waals surface area contributed by atoms with Crippen LogP contribution in [0.1, 0.15) is 46.0 Å². The van der Waals surface area contributed by atoms with Crippen LogP contribution in [0.5, 0.6) is 0 Å². The second-order valence-electron chi connectivity index (χ2n) is 4.13. The van der Waals surface area contributed by atoms with Gasteiger partial charge in [-0.15, -0.1) is 0 Å². The predicted octanol–water partition coefficient (Wildman–Crippen LogP) is 2.09. The van der Waals surface area contributed by atoms with Crippen LogP contribution < -0.4 is 5.32 Å². The lowest BCUT2D eigenvalue weighted by Crippen LogP contribution is -2.39. The van der Waals surface area contributed by atoms with E-state index >= 15 is 0 Å². The van der Waals surface area contributed by atoms with Gasteiger partial charge in [0.15, 0.2) is 0 Å². The van der Waals surface area contributed by atoms with Gasteiger partial charge in [0, 0.05) is 12.5 Å². The van der Waals surface area contributed by atoms with E-state index < -0.39 is 0 Å². The Balaban J connectivity index is 2.03. The van der Waals surface area contributed by atoms with Gasteiger partial charge in [0.25, 0.3) is 0 Å². The SMILES string of the molecule is CC(C)CCC(=O)NC1CCC1. The summed E-state index contributed by atoms with van der Waals surface area (Å²) in [5.74, 6) is 0.880. The summed E-state index contributed by atoms with van der Waals surface area (Å²) in [4.78, 5) is 11.2. The van der Waals surface area contributed by atoms with Crippen LogP contribution in [0.4, 0.5) is 0 Å². The largest absolute Gasteiger partial charge is 0.353 e. The minimum absolute atomic E-state index is 0.244. The van der Waals surface area contributed by atoms with Gasteiger partial charge in [-0.05, 0) is 31.6 Å². The number of amides is 1. The average molecular weight is 169 g/mol. The Morgan fingerprint density at radius 2 is 2.17 bits per heavy atom. The smallest absolute Gasteiger partial charge is 0.220 e. The van der Waals surface area contributed by atoms with Crippen LogP contribution >= 0.6 is 0 Å². The number of rotatable bonds is 4. The molecule has 0 bridgehead atoms. The molecule has 1 aliphatic carbocycles. The van der Waals surface area contributed by atoms with Gasteiger partial charge in [-0.1, -0.05) is 13.8 Å². The van der Waals surface area contributed by atoms with E-state index in [9.17, 15) is 4.79 Å². The summed E-state index contributed by atoms with van der Waals surface area (Å²) in [6.45, 7) is 4.30. The van der Waals surface area contributed by atoms with Crippen molar-refractivity contribution >= 4 is 5.91 Å². The molecule has 0 aromatic heterocycles. The Labute approximate surface area is 74.7 Å². The number of carbonyl (C=O) groups is 1. The van der Waals surface area contributed by atoms with E-state index in [1.807, 2.05) is 0 Å². The summed E-state index contributed by atoms with van der Waals surface area (Å²) in [6, 6.07) is 0.504. The van der Waals surface area contributed by atoms with Gasteiger partial charge in [-0.2, -0.15) is 0 Å². The third-order valence-electron chi connectivity index (χ3n) is 2.42. The molecular weight excluding hydrogens is 150 g/mol. The van der Waals surface area contributed by atoms with Crippen molar-refractivity contribution in [3.63, 3.8) is 0 Å². The molecule has 70 valence electrons. The molecule has 0 spiro atoms. The molecule has 12 heavy (non-hydrogen) atoms. The van der Waals surface area contributed by atoms with E-state index in [1.54, 1.807) is 0 Å². The maximum Gasteiger partial charge on any atom is 0.220 e. The molecule has 1 N–H and O–H groups in total. The Bertz CT molecular complexity index is 150. The van der Waals surface area contributed by atoms with Gasteiger partial charge in [0.1, 0.15) is 0 Å². The Morgan fingerprint density at radius 1 is 1.50 bits per heavy atom. The monoisotopic (exact) mass is 169 g/mol. The highest BCUT2D eigenvalue weighted by molar-refractivity contribution is 5.76. The first-order chi connectivity index (χ1) is 5.68. The van der Waals surface area contributed by atoms with Crippen molar-refractivity contribution < 1.29 is 4.79 Å². The zero-order chi connectivity index (χ0) is 8.97. The fourth-order valence-electron chi connectivity index (χ4n) is 1.27. The van der Waals surface area contributed by atoms with Crippen molar-refractivity contribution in [2.75, 3.05) is 0 Å². The molecule has 0 radical (unpaired) electrons. The highest BCUT2D eigenvalue weighted by atomic mass is 16.1. The lowest BCUT2D eigenvalue weighted by atomic mass is 9.93. The van der Waals surface area contributed by atoms with Gasteiger partial charge in [-0.25, -0.2) is 0 Å². The molecule has 2 nitrogen and oxygen atoms in total. The van der Waals surface area contributed by atoms with E-state index in [2.05, 4.69) is 19.2 Å². The molecule has 1 rings (SSSR count). The third-order valence-corrected chi connectivity index (χ3v) is 2.42. The minimum atomic E-state index is 0.244. The number of hydrogen-bond donors (Lipinski definition) is 1. The lowest BCUT2D eigenvalue weighted by Gasteiger charge is -2.26. The standard InChI is InChI=1S/C10H19NO/c1-8(2)6-7-10(12)11-9-4-3-5-9/h8-9H,3-7H2,1-2H3,(H,11,12). The fraction of sp³-hybridized carbons (Fsp3) is 0.900. The van der Waals surface area contributed by atoms with Crippen LogP contribution in [-0.4, -0.2) is 11.9 Å². The molecule has 1 amide bonds. The molecule has 0 aliphatic heterocycles. The molecule has 0 unspecified atom stereocenters. The maximum atomic E-state index is 11.2. The third kappa shape index (κ3) is 3.24. The van der Waals surface area contributed by atoms with Crippen LogP contribution in [0.3, 0.4) is 0 Å². The van der Waals surface area contributed by atoms with Gasteiger partial charge in [0.2, 0.25) is 5.91 Å². The Morgan fingerprint density at radius 3 is 2.58 bits per heavy atom. The van der Waals surface area contributed by atoms with Crippen molar-refractivity contribution in [1.29, 1.82) is 0 Å². The van der Waals surface area contributed by atoms with E-state index in [0.29, 0.717) is 18.4 Å². The van der Waals surface area contributed by atoms with Crippen molar-refractivity contribution in [1.82, 2.24) is 5.32 Å². The maximum absolute atomic E-state index is 11.2. The van der Waals surface area contributed by atoms with Crippen LogP contribution in [0, 0.1) is 5.92 Å². The molecule has 1 saturated carbocycles. The number of carbonyl (C=O) groups excluding carboxylic acids is 1. The summed E-state index contributed by atoms with van der Waals surface area (Å²) in [7, 11) is 0. The highest BCUT2D eigenvalue weighted by Crippen LogP contribution is 2.18. The second-order valence-corrected chi connectivity index (χ2v) is 4.13. The molecule has 0 saturated heterocycles. The highest BCUT2D eigenvalue weighted by Gasteiger charge is 2.18. The van der Waals surface area contributed by atoms with Gasteiger partial charge >= 0.3 is 0 Å². The topological polar surface area (TPSA) is 29.1 Å². The van der Waals surface area contributed by atoms with Crippen LogP contribution in [-0.2, 0) is 4.79 Å². The van der Waals surface area contributed by atoms with E-state index in [4.69, 9.17) is 0 Å². The molecule has 0 atom stereocenters. The normalized spacial score (nSPS) is 17.6. The summed E-state index contributed by atoms with van der Waals surface area (Å²) >= 11 is 0. The first kappa shape index (κ1) is 9.56. The molecular formula is C10H19NO. The van der Waals surface area contributed by atoms with Crippen molar-refractivity contribution in [3.05, 3.63) is 0 Å². The molecule has 0 aromatic rings. The molecule has 1 aliphatic rings. The summed E-state index contributed by atoms with van der Waals surface area (Å²) in [5.41, 5.74) is 0. The van der Waals surface area contributed by atoms with Gasteiger partial charge < -0.3 is 5.32 Å². The minimum Gasteiger partial charge on any atom is -0.353 e. The number of nitrogens with one attached hydrogen (secondary N) is 1. The molecule has 1 fully saturated rings. The first-order valence-electron chi connectivity index (χ1n) is 4.98. The zero-order valence-corrected chi connectivity index (χ0v) is 8.10. The predicted molar refractivity (Wildman–Crippen MR) is 49.9 cm³/mol. The summed E-state index contributed by atoms with van der Waals surface area (Å²) < 4.78 is 0. The van der Waals surface area contributed by atoms with Gasteiger partial charge in [0.05, 0.1) is 0 Å². The fourth-order valence-corrected chi connectivity index (χ4v) is 1.27. The van der Waals surface area contributed by atoms with E-state index in [1.165, 1.54) is 19.3 Å². The summed E-state index contributed by atoms with van der Waals surface area (Å²) in [5, 5.41) is 3.03. The van der Waals surface area contributed by atoms with Crippen LogP contribution in [0.15, 0.2) is 0 Å². The first-order valence-corrected chi connectivity index (χ1v) is 4.98. The number of hydrogen-bond acceptors (Lipinski definition) is 1. The van der Waals surface area contributed by atoms with Crippen LogP contribution in [0.25, 0.3) is 0 Å². The molecule has 0 heterocycles. The van der Waals surface area contributed by atoms with Crippen molar-refractivity contribution in [2.45, 2.75) is 52.0 Å². The van der Waals surface area contributed by atoms with Crippen LogP contribution in [0.2, 0.25) is 0 Å². The second kappa shape index (κ2) is 4.48. The van der Waals surface area contributed by atoms with Crippen molar-refractivity contribution in [3.8, 4) is 0 Å². The van der Waals surface area contributed by atoms with E-state index in [-0.39, 0.29) is 5.91 Å². The Hall–Kier alpha value is -0.530.